The normalized spacial score (nSPS) is 9.94. The number of hydrogen-bond donors (Lipinski definition) is 1. The lowest BCUT2D eigenvalue weighted by Gasteiger charge is -2.13. The lowest BCUT2D eigenvalue weighted by molar-refractivity contribution is 0.354. The summed E-state index contributed by atoms with van der Waals surface area (Å²) in [6, 6.07) is 3.93. The molecule has 0 spiro atoms. The zero-order valence-corrected chi connectivity index (χ0v) is 10.2. The summed E-state index contributed by atoms with van der Waals surface area (Å²) in [4.78, 5) is 0. The maximum Gasteiger partial charge on any atom is 0.161 e. The van der Waals surface area contributed by atoms with E-state index in [-0.39, 0.29) is 0 Å². The molecule has 1 rings (SSSR count). The zero-order chi connectivity index (χ0) is 12.0. The van der Waals surface area contributed by atoms with Crippen LogP contribution in [0.15, 0.2) is 18.7 Å². The molecule has 88 valence electrons. The van der Waals surface area contributed by atoms with Gasteiger partial charge in [0.2, 0.25) is 0 Å². The standard InChI is InChI=1S/C13H19NO2/c1-5-10-7-12(15-3)13(16-4)8-11(10)9-14-6-2/h5,7-8,14H,1,6,9H2,2-4H3. The molecule has 0 aliphatic rings. The van der Waals surface area contributed by atoms with Gasteiger partial charge in [-0.25, -0.2) is 0 Å². The van der Waals surface area contributed by atoms with Crippen LogP contribution in [0, 0.1) is 0 Å². The molecule has 0 bridgehead atoms. The third kappa shape index (κ3) is 2.76. The van der Waals surface area contributed by atoms with Gasteiger partial charge in [-0.2, -0.15) is 0 Å². The average Bonchev–Trinajstić information content (AvgIpc) is 2.35. The molecule has 3 heteroatoms. The summed E-state index contributed by atoms with van der Waals surface area (Å²) in [5, 5.41) is 3.28. The van der Waals surface area contributed by atoms with E-state index in [1.54, 1.807) is 14.2 Å². The highest BCUT2D eigenvalue weighted by molar-refractivity contribution is 5.59. The van der Waals surface area contributed by atoms with Crippen molar-refractivity contribution in [1.29, 1.82) is 0 Å². The monoisotopic (exact) mass is 221 g/mol. The minimum Gasteiger partial charge on any atom is -0.493 e. The molecule has 0 saturated carbocycles. The minimum absolute atomic E-state index is 0.734. The molecule has 0 aromatic heterocycles. The van der Waals surface area contributed by atoms with Crippen LogP contribution >= 0.6 is 0 Å². The van der Waals surface area contributed by atoms with Gasteiger partial charge in [0.1, 0.15) is 0 Å². The number of nitrogens with one attached hydrogen (secondary N) is 1. The van der Waals surface area contributed by atoms with E-state index in [9.17, 15) is 0 Å². The first-order chi connectivity index (χ1) is 7.76. The van der Waals surface area contributed by atoms with Gasteiger partial charge in [0.15, 0.2) is 11.5 Å². The van der Waals surface area contributed by atoms with E-state index in [2.05, 4.69) is 18.8 Å². The Morgan fingerprint density at radius 1 is 1.25 bits per heavy atom. The van der Waals surface area contributed by atoms with Crippen LogP contribution < -0.4 is 14.8 Å². The Morgan fingerprint density at radius 3 is 2.38 bits per heavy atom. The highest BCUT2D eigenvalue weighted by Gasteiger charge is 2.08. The van der Waals surface area contributed by atoms with E-state index < -0.39 is 0 Å². The molecule has 3 nitrogen and oxygen atoms in total. The SMILES string of the molecule is C=Cc1cc(OC)c(OC)cc1CNCC. The van der Waals surface area contributed by atoms with Crippen LogP contribution in [-0.2, 0) is 6.54 Å². The summed E-state index contributed by atoms with van der Waals surface area (Å²) in [5.41, 5.74) is 2.23. The Hall–Kier alpha value is -1.48. The van der Waals surface area contributed by atoms with E-state index in [4.69, 9.17) is 9.47 Å². The molecular formula is C13H19NO2. The number of methoxy groups -OCH3 is 2. The molecular weight excluding hydrogens is 202 g/mol. The van der Waals surface area contributed by atoms with E-state index >= 15 is 0 Å². The Morgan fingerprint density at radius 2 is 1.88 bits per heavy atom. The third-order valence-corrected chi connectivity index (χ3v) is 2.43. The Balaban J connectivity index is 3.09. The number of ether oxygens (including phenoxy) is 2. The van der Waals surface area contributed by atoms with Gasteiger partial charge in [0, 0.05) is 6.54 Å². The summed E-state index contributed by atoms with van der Waals surface area (Å²) in [5.74, 6) is 1.48. The first-order valence-electron chi connectivity index (χ1n) is 5.34. The van der Waals surface area contributed by atoms with Crippen LogP contribution in [0.2, 0.25) is 0 Å². The molecule has 0 aliphatic heterocycles. The first-order valence-corrected chi connectivity index (χ1v) is 5.34. The predicted octanol–water partition coefficient (Wildman–Crippen LogP) is 2.46. The van der Waals surface area contributed by atoms with Gasteiger partial charge in [0.25, 0.3) is 0 Å². The minimum atomic E-state index is 0.734. The van der Waals surface area contributed by atoms with Crippen LogP contribution in [0.1, 0.15) is 18.1 Å². The van der Waals surface area contributed by atoms with Gasteiger partial charge in [-0.3, -0.25) is 0 Å². The number of hydrogen-bond acceptors (Lipinski definition) is 3. The highest BCUT2D eigenvalue weighted by Crippen LogP contribution is 2.30. The second-order valence-corrected chi connectivity index (χ2v) is 3.39. The Kier molecular flexibility index (Phi) is 4.86. The molecule has 0 amide bonds. The van der Waals surface area contributed by atoms with Crippen molar-refractivity contribution in [3.63, 3.8) is 0 Å². The molecule has 0 saturated heterocycles. The van der Waals surface area contributed by atoms with Crippen molar-refractivity contribution >= 4 is 6.08 Å². The van der Waals surface area contributed by atoms with Crippen LogP contribution in [-0.4, -0.2) is 20.8 Å². The lowest BCUT2D eigenvalue weighted by Crippen LogP contribution is -2.12. The van der Waals surface area contributed by atoms with Gasteiger partial charge in [-0.05, 0) is 29.8 Å². The fraction of sp³-hybridized carbons (Fsp3) is 0.385. The van der Waals surface area contributed by atoms with E-state index in [0.29, 0.717) is 0 Å². The van der Waals surface area contributed by atoms with Gasteiger partial charge in [-0.1, -0.05) is 19.6 Å². The molecule has 1 N–H and O–H groups in total. The molecule has 1 aromatic carbocycles. The number of benzene rings is 1. The molecule has 0 radical (unpaired) electrons. The largest absolute Gasteiger partial charge is 0.493 e. The summed E-state index contributed by atoms with van der Waals surface area (Å²) in [7, 11) is 3.27. The van der Waals surface area contributed by atoms with Crippen molar-refractivity contribution in [2.75, 3.05) is 20.8 Å². The van der Waals surface area contributed by atoms with E-state index in [1.165, 1.54) is 0 Å². The Labute approximate surface area is 97.1 Å². The van der Waals surface area contributed by atoms with Gasteiger partial charge in [0.05, 0.1) is 14.2 Å². The van der Waals surface area contributed by atoms with Crippen LogP contribution in [0.4, 0.5) is 0 Å². The van der Waals surface area contributed by atoms with Crippen molar-refractivity contribution in [1.82, 2.24) is 5.32 Å². The maximum absolute atomic E-state index is 5.27. The van der Waals surface area contributed by atoms with Crippen molar-refractivity contribution < 1.29 is 9.47 Å². The quantitative estimate of drug-likeness (QED) is 0.800. The summed E-state index contributed by atoms with van der Waals surface area (Å²) in [6.07, 6.45) is 1.83. The fourth-order valence-electron chi connectivity index (χ4n) is 1.54. The molecule has 0 atom stereocenters. The van der Waals surface area contributed by atoms with Crippen molar-refractivity contribution in [3.8, 4) is 11.5 Å². The topological polar surface area (TPSA) is 30.5 Å². The van der Waals surface area contributed by atoms with Crippen LogP contribution in [0.25, 0.3) is 6.08 Å². The summed E-state index contributed by atoms with van der Waals surface area (Å²) < 4.78 is 10.5. The van der Waals surface area contributed by atoms with Crippen molar-refractivity contribution in [2.24, 2.45) is 0 Å². The van der Waals surface area contributed by atoms with Gasteiger partial charge in [-0.15, -0.1) is 0 Å². The van der Waals surface area contributed by atoms with Crippen molar-refractivity contribution in [3.05, 3.63) is 29.8 Å². The summed E-state index contributed by atoms with van der Waals surface area (Å²) >= 11 is 0. The summed E-state index contributed by atoms with van der Waals surface area (Å²) in [6.45, 7) is 7.62. The van der Waals surface area contributed by atoms with Gasteiger partial charge >= 0.3 is 0 Å². The molecule has 0 unspecified atom stereocenters. The maximum atomic E-state index is 5.27. The van der Waals surface area contributed by atoms with E-state index in [0.717, 1.165) is 35.7 Å². The van der Waals surface area contributed by atoms with Crippen LogP contribution in [0.5, 0.6) is 11.5 Å². The predicted molar refractivity (Wildman–Crippen MR) is 67.0 cm³/mol. The Bertz CT molecular complexity index is 361. The molecule has 1 aromatic rings. The third-order valence-electron chi connectivity index (χ3n) is 2.43. The van der Waals surface area contributed by atoms with Gasteiger partial charge < -0.3 is 14.8 Å². The molecule has 0 fully saturated rings. The van der Waals surface area contributed by atoms with E-state index in [1.807, 2.05) is 18.2 Å². The highest BCUT2D eigenvalue weighted by atomic mass is 16.5. The zero-order valence-electron chi connectivity index (χ0n) is 10.2. The number of rotatable bonds is 6. The van der Waals surface area contributed by atoms with Crippen molar-refractivity contribution in [2.45, 2.75) is 13.5 Å². The average molecular weight is 221 g/mol. The molecule has 0 aliphatic carbocycles. The van der Waals surface area contributed by atoms with Crippen LogP contribution in [0.3, 0.4) is 0 Å². The second-order valence-electron chi connectivity index (χ2n) is 3.39. The smallest absolute Gasteiger partial charge is 0.161 e. The molecule has 0 heterocycles. The first kappa shape index (κ1) is 12.6. The fourth-order valence-corrected chi connectivity index (χ4v) is 1.54. The lowest BCUT2D eigenvalue weighted by atomic mass is 10.1. The second kappa shape index (κ2) is 6.18. The molecule has 16 heavy (non-hydrogen) atoms.